The summed E-state index contributed by atoms with van der Waals surface area (Å²) in [6.07, 6.45) is -4.94. The molecule has 0 aliphatic heterocycles. The summed E-state index contributed by atoms with van der Waals surface area (Å²) in [4.78, 5) is 0. The first-order chi connectivity index (χ1) is 6.25. The Labute approximate surface area is 81.3 Å². The standard InChI is InChI=1S/C8H4ClF5/c1-3-5(10)2-4(8(12,13)14)7(11)6(3)9/h2H,1H3. The minimum atomic E-state index is -4.94. The monoisotopic (exact) mass is 230 g/mol. The van der Waals surface area contributed by atoms with E-state index in [9.17, 15) is 22.0 Å². The Morgan fingerprint density at radius 3 is 2.14 bits per heavy atom. The van der Waals surface area contributed by atoms with Crippen LogP contribution in [-0.4, -0.2) is 0 Å². The summed E-state index contributed by atoms with van der Waals surface area (Å²) in [5, 5.41) is -0.836. The minimum Gasteiger partial charge on any atom is -0.207 e. The highest BCUT2D eigenvalue weighted by atomic mass is 35.5. The molecular formula is C8H4ClF5. The van der Waals surface area contributed by atoms with Crippen molar-refractivity contribution in [2.45, 2.75) is 13.1 Å². The maximum Gasteiger partial charge on any atom is 0.419 e. The molecule has 1 aromatic carbocycles. The van der Waals surface area contributed by atoms with E-state index in [0.29, 0.717) is 0 Å². The molecule has 0 spiro atoms. The van der Waals surface area contributed by atoms with Gasteiger partial charge in [-0.2, -0.15) is 13.2 Å². The summed E-state index contributed by atoms with van der Waals surface area (Å²) in [6, 6.07) is 0.0938. The van der Waals surface area contributed by atoms with Crippen LogP contribution in [-0.2, 0) is 6.18 Å². The molecule has 0 aromatic heterocycles. The summed E-state index contributed by atoms with van der Waals surface area (Å²) in [5.41, 5.74) is -2.03. The van der Waals surface area contributed by atoms with Crippen molar-refractivity contribution in [1.29, 1.82) is 0 Å². The predicted molar refractivity (Wildman–Crippen MR) is 41.1 cm³/mol. The van der Waals surface area contributed by atoms with Crippen molar-refractivity contribution in [1.82, 2.24) is 0 Å². The zero-order valence-corrected chi connectivity index (χ0v) is 7.60. The highest BCUT2D eigenvalue weighted by Gasteiger charge is 2.36. The largest absolute Gasteiger partial charge is 0.419 e. The molecule has 0 amide bonds. The molecule has 0 unspecified atom stereocenters. The Balaban J connectivity index is 3.49. The first kappa shape index (κ1) is 11.2. The van der Waals surface area contributed by atoms with Crippen LogP contribution >= 0.6 is 11.6 Å². The molecule has 1 rings (SSSR count). The Bertz CT molecular complexity index is 369. The average molecular weight is 231 g/mol. The molecule has 0 aliphatic rings. The van der Waals surface area contributed by atoms with Crippen LogP contribution in [0.15, 0.2) is 6.07 Å². The van der Waals surface area contributed by atoms with Gasteiger partial charge in [-0.3, -0.25) is 0 Å². The molecule has 78 valence electrons. The topological polar surface area (TPSA) is 0 Å². The zero-order valence-electron chi connectivity index (χ0n) is 6.85. The van der Waals surface area contributed by atoms with Gasteiger partial charge in [0.25, 0.3) is 0 Å². The third-order valence-electron chi connectivity index (χ3n) is 1.69. The molecule has 1 aromatic rings. The van der Waals surface area contributed by atoms with E-state index in [4.69, 9.17) is 11.6 Å². The third kappa shape index (κ3) is 1.82. The second-order valence-electron chi connectivity index (χ2n) is 2.66. The Morgan fingerprint density at radius 1 is 1.21 bits per heavy atom. The van der Waals surface area contributed by atoms with Crippen molar-refractivity contribution < 1.29 is 22.0 Å². The van der Waals surface area contributed by atoms with E-state index in [1.165, 1.54) is 0 Å². The van der Waals surface area contributed by atoms with Gasteiger partial charge in [-0.25, -0.2) is 8.78 Å². The van der Waals surface area contributed by atoms with Gasteiger partial charge in [0.05, 0.1) is 10.6 Å². The van der Waals surface area contributed by atoms with Crippen LogP contribution in [0, 0.1) is 18.6 Å². The molecular weight excluding hydrogens is 227 g/mol. The first-order valence-corrected chi connectivity index (χ1v) is 3.84. The van der Waals surface area contributed by atoms with Gasteiger partial charge in [0.15, 0.2) is 5.82 Å². The van der Waals surface area contributed by atoms with Crippen molar-refractivity contribution in [2.75, 3.05) is 0 Å². The van der Waals surface area contributed by atoms with Gasteiger partial charge in [0.1, 0.15) is 5.82 Å². The maximum atomic E-state index is 12.9. The van der Waals surface area contributed by atoms with Gasteiger partial charge in [-0.1, -0.05) is 11.6 Å². The molecule has 0 heterocycles. The van der Waals surface area contributed by atoms with E-state index in [1.54, 1.807) is 0 Å². The Morgan fingerprint density at radius 2 is 1.71 bits per heavy atom. The lowest BCUT2D eigenvalue weighted by atomic mass is 10.1. The highest BCUT2D eigenvalue weighted by molar-refractivity contribution is 6.31. The number of rotatable bonds is 0. The summed E-state index contributed by atoms with van der Waals surface area (Å²) >= 11 is 5.18. The van der Waals surface area contributed by atoms with E-state index in [2.05, 4.69) is 0 Å². The van der Waals surface area contributed by atoms with Crippen molar-refractivity contribution >= 4 is 11.6 Å². The molecule has 0 aliphatic carbocycles. The van der Waals surface area contributed by atoms with E-state index in [1.807, 2.05) is 0 Å². The van der Waals surface area contributed by atoms with Gasteiger partial charge in [0, 0.05) is 5.56 Å². The Hall–Kier alpha value is -0.840. The van der Waals surface area contributed by atoms with Crippen molar-refractivity contribution in [2.24, 2.45) is 0 Å². The fourth-order valence-electron chi connectivity index (χ4n) is 0.892. The summed E-state index contributed by atoms with van der Waals surface area (Å²) in [5.74, 6) is -2.82. The van der Waals surface area contributed by atoms with Crippen molar-refractivity contribution in [3.63, 3.8) is 0 Å². The smallest absolute Gasteiger partial charge is 0.207 e. The van der Waals surface area contributed by atoms with Crippen LogP contribution in [0.1, 0.15) is 11.1 Å². The molecule has 14 heavy (non-hydrogen) atoms. The lowest BCUT2D eigenvalue weighted by molar-refractivity contribution is -0.140. The van der Waals surface area contributed by atoms with E-state index >= 15 is 0 Å². The normalized spacial score (nSPS) is 11.9. The molecule has 0 radical (unpaired) electrons. The summed E-state index contributed by atoms with van der Waals surface area (Å²) in [7, 11) is 0. The molecule has 6 heteroatoms. The van der Waals surface area contributed by atoms with Gasteiger partial charge < -0.3 is 0 Å². The zero-order chi connectivity index (χ0) is 11.1. The number of hydrogen-bond acceptors (Lipinski definition) is 0. The number of hydrogen-bond donors (Lipinski definition) is 0. The fraction of sp³-hybridized carbons (Fsp3) is 0.250. The van der Waals surface area contributed by atoms with Gasteiger partial charge in [0.2, 0.25) is 0 Å². The van der Waals surface area contributed by atoms with Crippen LogP contribution in [0.25, 0.3) is 0 Å². The van der Waals surface area contributed by atoms with Crippen LogP contribution in [0.2, 0.25) is 5.02 Å². The lowest BCUT2D eigenvalue weighted by Gasteiger charge is -2.10. The van der Waals surface area contributed by atoms with Crippen LogP contribution < -0.4 is 0 Å². The van der Waals surface area contributed by atoms with Crippen LogP contribution in [0.3, 0.4) is 0 Å². The van der Waals surface area contributed by atoms with Crippen LogP contribution in [0.5, 0.6) is 0 Å². The molecule has 0 fully saturated rings. The quantitative estimate of drug-likeness (QED) is 0.468. The summed E-state index contributed by atoms with van der Waals surface area (Å²) in [6.45, 7) is 1.10. The lowest BCUT2D eigenvalue weighted by Crippen LogP contribution is -2.10. The number of benzene rings is 1. The minimum absolute atomic E-state index is 0.0938. The molecule has 0 saturated carbocycles. The predicted octanol–water partition coefficient (Wildman–Crippen LogP) is 3.95. The van der Waals surface area contributed by atoms with Gasteiger partial charge >= 0.3 is 6.18 Å². The highest BCUT2D eigenvalue weighted by Crippen LogP contribution is 2.36. The van der Waals surface area contributed by atoms with Crippen molar-refractivity contribution in [3.05, 3.63) is 33.9 Å². The van der Waals surface area contributed by atoms with E-state index in [-0.39, 0.29) is 11.6 Å². The van der Waals surface area contributed by atoms with E-state index < -0.39 is 28.4 Å². The average Bonchev–Trinajstić information content (AvgIpc) is 2.06. The van der Waals surface area contributed by atoms with Crippen molar-refractivity contribution in [3.8, 4) is 0 Å². The maximum absolute atomic E-state index is 12.9. The first-order valence-electron chi connectivity index (χ1n) is 3.46. The third-order valence-corrected chi connectivity index (χ3v) is 2.14. The summed E-state index contributed by atoms with van der Waals surface area (Å²) < 4.78 is 61.9. The van der Waals surface area contributed by atoms with E-state index in [0.717, 1.165) is 6.92 Å². The number of halogens is 6. The fourth-order valence-corrected chi connectivity index (χ4v) is 1.08. The molecule has 0 bridgehead atoms. The second-order valence-corrected chi connectivity index (χ2v) is 3.03. The SMILES string of the molecule is Cc1c(F)cc(C(F)(F)F)c(F)c1Cl. The molecule has 0 atom stereocenters. The van der Waals surface area contributed by atoms with Gasteiger partial charge in [-0.05, 0) is 13.0 Å². The second kappa shape index (κ2) is 3.38. The molecule has 0 nitrogen and oxygen atoms in total. The molecule has 0 N–H and O–H groups in total. The van der Waals surface area contributed by atoms with Crippen LogP contribution in [0.4, 0.5) is 22.0 Å². The van der Waals surface area contributed by atoms with Gasteiger partial charge in [-0.15, -0.1) is 0 Å². The number of alkyl halides is 3. The molecule has 0 saturated heterocycles. The Kier molecular flexibility index (Phi) is 2.71.